The van der Waals surface area contributed by atoms with E-state index < -0.39 is 0 Å². The first-order chi connectivity index (χ1) is 11.6. The summed E-state index contributed by atoms with van der Waals surface area (Å²) >= 11 is 1.81. The highest BCUT2D eigenvalue weighted by Gasteiger charge is 2.19. The molecule has 1 aliphatic rings. The molecule has 7 heteroatoms. The summed E-state index contributed by atoms with van der Waals surface area (Å²) in [5.41, 5.74) is 1.22. The van der Waals surface area contributed by atoms with Gasteiger partial charge in [0.15, 0.2) is 5.82 Å². The van der Waals surface area contributed by atoms with E-state index in [0.29, 0.717) is 5.89 Å². The van der Waals surface area contributed by atoms with Crippen LogP contribution in [-0.4, -0.2) is 51.1 Å². The van der Waals surface area contributed by atoms with E-state index in [1.807, 2.05) is 18.3 Å². The zero-order valence-corrected chi connectivity index (χ0v) is 15.7. The fraction of sp³-hybridized carbons (Fsp3) is 0.706. The Morgan fingerprint density at radius 1 is 1.12 bits per heavy atom. The second-order valence-corrected chi connectivity index (χ2v) is 7.89. The smallest absolute Gasteiger partial charge is 0.223 e. The molecule has 0 radical (unpaired) electrons. The van der Waals surface area contributed by atoms with Gasteiger partial charge in [-0.2, -0.15) is 4.98 Å². The molecule has 3 heterocycles. The molecule has 24 heavy (non-hydrogen) atoms. The number of hydrogen-bond acceptors (Lipinski definition) is 7. The third kappa shape index (κ3) is 5.09. The van der Waals surface area contributed by atoms with Gasteiger partial charge in [-0.3, -0.25) is 9.80 Å². The van der Waals surface area contributed by atoms with Crippen LogP contribution in [-0.2, 0) is 19.5 Å². The lowest BCUT2D eigenvalue weighted by molar-refractivity contribution is 0.118. The Balaban J connectivity index is 1.42. The van der Waals surface area contributed by atoms with E-state index in [1.54, 1.807) is 0 Å². The molecule has 0 aliphatic carbocycles. The number of hydrogen-bond donors (Lipinski definition) is 0. The van der Waals surface area contributed by atoms with Gasteiger partial charge in [-0.15, -0.1) is 11.3 Å². The van der Waals surface area contributed by atoms with Crippen LogP contribution < -0.4 is 0 Å². The lowest BCUT2D eigenvalue weighted by atomic mass is 10.1. The minimum absolute atomic E-state index is 0.639. The standard InChI is InChI=1S/C17H27N5OS/c1-13(2)4-5-17-19-15(12-24-17)10-21-6-8-22(9-7-21)11-16-18-14(3)23-20-16/h12-13H,4-11H2,1-3H3. The Bertz CT molecular complexity index is 630. The molecule has 0 amide bonds. The third-order valence-electron chi connectivity index (χ3n) is 4.32. The Morgan fingerprint density at radius 3 is 2.46 bits per heavy atom. The van der Waals surface area contributed by atoms with E-state index in [2.05, 4.69) is 39.2 Å². The largest absolute Gasteiger partial charge is 0.340 e. The lowest BCUT2D eigenvalue weighted by Gasteiger charge is -2.33. The number of rotatable bonds is 7. The molecule has 0 bridgehead atoms. The summed E-state index contributed by atoms with van der Waals surface area (Å²) in [5, 5.41) is 7.49. The normalized spacial score (nSPS) is 17.0. The van der Waals surface area contributed by atoms with Gasteiger partial charge in [0.05, 0.1) is 17.2 Å². The van der Waals surface area contributed by atoms with Crippen molar-refractivity contribution in [1.82, 2.24) is 24.9 Å². The first kappa shape index (κ1) is 17.5. The van der Waals surface area contributed by atoms with Crippen molar-refractivity contribution < 1.29 is 4.52 Å². The Morgan fingerprint density at radius 2 is 1.83 bits per heavy atom. The van der Waals surface area contributed by atoms with Crippen molar-refractivity contribution in [2.45, 2.75) is 46.7 Å². The van der Waals surface area contributed by atoms with Crippen LogP contribution in [0.3, 0.4) is 0 Å². The predicted octanol–water partition coefficient (Wildman–Crippen LogP) is 2.74. The van der Waals surface area contributed by atoms with Crippen molar-refractivity contribution in [2.24, 2.45) is 5.92 Å². The van der Waals surface area contributed by atoms with E-state index in [0.717, 1.165) is 57.4 Å². The van der Waals surface area contributed by atoms with Crippen molar-refractivity contribution in [2.75, 3.05) is 26.2 Å². The summed E-state index contributed by atoms with van der Waals surface area (Å²) in [5.74, 6) is 2.17. The monoisotopic (exact) mass is 349 g/mol. The number of piperazine rings is 1. The quantitative estimate of drug-likeness (QED) is 0.766. The second-order valence-electron chi connectivity index (χ2n) is 6.95. The van der Waals surface area contributed by atoms with Gasteiger partial charge in [0.2, 0.25) is 5.89 Å². The molecule has 6 nitrogen and oxygen atoms in total. The van der Waals surface area contributed by atoms with E-state index in [4.69, 9.17) is 9.51 Å². The average Bonchev–Trinajstić information content (AvgIpc) is 3.16. The van der Waals surface area contributed by atoms with Gasteiger partial charge in [0.25, 0.3) is 0 Å². The highest BCUT2D eigenvalue weighted by atomic mass is 32.1. The molecule has 0 saturated carbocycles. The molecule has 0 aromatic carbocycles. The molecule has 1 saturated heterocycles. The average molecular weight is 350 g/mol. The van der Waals surface area contributed by atoms with E-state index >= 15 is 0 Å². The summed E-state index contributed by atoms with van der Waals surface area (Å²) in [4.78, 5) is 13.9. The summed E-state index contributed by atoms with van der Waals surface area (Å²) in [6.45, 7) is 12.3. The topological polar surface area (TPSA) is 58.3 Å². The molecule has 1 aliphatic heterocycles. The van der Waals surface area contributed by atoms with Gasteiger partial charge in [-0.1, -0.05) is 19.0 Å². The molecule has 2 aromatic heterocycles. The lowest BCUT2D eigenvalue weighted by Crippen LogP contribution is -2.45. The summed E-state index contributed by atoms with van der Waals surface area (Å²) in [6.07, 6.45) is 2.33. The summed E-state index contributed by atoms with van der Waals surface area (Å²) in [6, 6.07) is 0. The maximum Gasteiger partial charge on any atom is 0.223 e. The molecule has 0 unspecified atom stereocenters. The number of aryl methyl sites for hydroxylation is 2. The molecule has 132 valence electrons. The van der Waals surface area contributed by atoms with E-state index in [9.17, 15) is 0 Å². The Hall–Kier alpha value is -1.31. The Kier molecular flexibility index (Phi) is 5.97. The number of aromatic nitrogens is 3. The van der Waals surface area contributed by atoms with Crippen LogP contribution in [0.15, 0.2) is 9.90 Å². The first-order valence-corrected chi connectivity index (χ1v) is 9.63. The van der Waals surface area contributed by atoms with Crippen LogP contribution >= 0.6 is 11.3 Å². The van der Waals surface area contributed by atoms with Gasteiger partial charge < -0.3 is 4.52 Å². The second kappa shape index (κ2) is 8.18. The van der Waals surface area contributed by atoms with Gasteiger partial charge in [0, 0.05) is 45.0 Å². The van der Waals surface area contributed by atoms with Crippen molar-refractivity contribution in [3.63, 3.8) is 0 Å². The van der Waals surface area contributed by atoms with Gasteiger partial charge in [-0.25, -0.2) is 4.98 Å². The third-order valence-corrected chi connectivity index (χ3v) is 5.28. The molecule has 0 atom stereocenters. The minimum Gasteiger partial charge on any atom is -0.340 e. The van der Waals surface area contributed by atoms with Crippen LogP contribution in [0.2, 0.25) is 0 Å². The van der Waals surface area contributed by atoms with Crippen LogP contribution in [0.1, 0.15) is 42.7 Å². The molecular weight excluding hydrogens is 322 g/mol. The summed E-state index contributed by atoms with van der Waals surface area (Å²) in [7, 11) is 0. The fourth-order valence-electron chi connectivity index (χ4n) is 2.89. The van der Waals surface area contributed by atoms with Crippen molar-refractivity contribution in [1.29, 1.82) is 0 Å². The Labute approximate surface area is 147 Å². The highest BCUT2D eigenvalue weighted by Crippen LogP contribution is 2.17. The maximum atomic E-state index is 5.04. The summed E-state index contributed by atoms with van der Waals surface area (Å²) < 4.78 is 5.04. The SMILES string of the molecule is Cc1nc(CN2CCN(Cc3csc(CCC(C)C)n3)CC2)no1. The highest BCUT2D eigenvalue weighted by molar-refractivity contribution is 7.09. The number of thiazole rings is 1. The van der Waals surface area contributed by atoms with Crippen molar-refractivity contribution in [3.05, 3.63) is 27.8 Å². The van der Waals surface area contributed by atoms with E-state index in [1.165, 1.54) is 17.1 Å². The molecule has 0 spiro atoms. The molecule has 1 fully saturated rings. The molecule has 3 rings (SSSR count). The van der Waals surface area contributed by atoms with Gasteiger partial charge in [0.1, 0.15) is 0 Å². The van der Waals surface area contributed by atoms with Crippen LogP contribution in [0.25, 0.3) is 0 Å². The van der Waals surface area contributed by atoms with Crippen LogP contribution in [0.4, 0.5) is 0 Å². The van der Waals surface area contributed by atoms with Gasteiger partial charge in [-0.05, 0) is 18.8 Å². The van der Waals surface area contributed by atoms with E-state index in [-0.39, 0.29) is 0 Å². The minimum atomic E-state index is 0.639. The van der Waals surface area contributed by atoms with Crippen LogP contribution in [0, 0.1) is 12.8 Å². The van der Waals surface area contributed by atoms with Crippen molar-refractivity contribution in [3.8, 4) is 0 Å². The van der Waals surface area contributed by atoms with Gasteiger partial charge >= 0.3 is 0 Å². The zero-order valence-electron chi connectivity index (χ0n) is 14.9. The maximum absolute atomic E-state index is 5.04. The molecular formula is C17H27N5OS. The zero-order chi connectivity index (χ0) is 16.9. The van der Waals surface area contributed by atoms with Crippen LogP contribution in [0.5, 0.6) is 0 Å². The fourth-order valence-corrected chi connectivity index (χ4v) is 3.69. The van der Waals surface area contributed by atoms with Crippen molar-refractivity contribution >= 4 is 11.3 Å². The molecule has 2 aromatic rings. The predicted molar refractivity (Wildman–Crippen MR) is 94.9 cm³/mol. The molecule has 0 N–H and O–H groups in total. The number of nitrogens with zero attached hydrogens (tertiary/aromatic N) is 5. The first-order valence-electron chi connectivity index (χ1n) is 8.75.